The number of likely N-dealkylation sites (tertiary alicyclic amines) is 2. The molecule has 0 saturated carbocycles. The average molecular weight is 741 g/mol. The molecule has 0 amide bonds. The maximum Gasteiger partial charge on any atom is 0.307 e. The van der Waals surface area contributed by atoms with Gasteiger partial charge >= 0.3 is 5.97 Å². The van der Waals surface area contributed by atoms with Crippen molar-refractivity contribution in [3.8, 4) is 28.7 Å². The van der Waals surface area contributed by atoms with E-state index in [1.807, 2.05) is 68.4 Å². The van der Waals surface area contributed by atoms with E-state index in [1.165, 1.54) is 0 Å². The number of oxazole rings is 1. The van der Waals surface area contributed by atoms with Gasteiger partial charge in [0.25, 0.3) is 0 Å². The number of nitrogens with one attached hydrogen (secondary N) is 1. The van der Waals surface area contributed by atoms with E-state index in [9.17, 15) is 25.1 Å². The van der Waals surface area contributed by atoms with Gasteiger partial charge in [-0.3, -0.25) is 19.5 Å². The van der Waals surface area contributed by atoms with Crippen LogP contribution in [0.4, 0.5) is 11.5 Å². The first-order valence-corrected chi connectivity index (χ1v) is 18.5. The Balaban J connectivity index is 1.11. The zero-order chi connectivity index (χ0) is 38.6. The minimum Gasteiger partial charge on any atom is -0.481 e. The molecule has 3 aromatic heterocycles. The number of carbonyl (C=O) groups excluding carboxylic acids is 1. The van der Waals surface area contributed by atoms with Crippen LogP contribution in [0, 0.1) is 31.1 Å². The fourth-order valence-corrected chi connectivity index (χ4v) is 7.53. The molecule has 55 heavy (non-hydrogen) atoms. The summed E-state index contributed by atoms with van der Waals surface area (Å²) in [5, 5.41) is 33.8. The van der Waals surface area contributed by atoms with Crippen LogP contribution in [0.3, 0.4) is 0 Å². The molecule has 0 aliphatic carbocycles. The van der Waals surface area contributed by atoms with E-state index in [1.54, 1.807) is 12.4 Å². The third-order valence-corrected chi connectivity index (χ3v) is 10.6. The number of hydrogen-bond acceptors (Lipinski definition) is 12. The summed E-state index contributed by atoms with van der Waals surface area (Å²) in [6, 6.07) is 18.1. The summed E-state index contributed by atoms with van der Waals surface area (Å²) in [4.78, 5) is 43.6. The van der Waals surface area contributed by atoms with Crippen molar-refractivity contribution >= 4 is 40.2 Å². The van der Waals surface area contributed by atoms with E-state index >= 15 is 0 Å². The molecule has 5 aromatic rings. The van der Waals surface area contributed by atoms with Gasteiger partial charge in [-0.25, -0.2) is 9.97 Å². The highest BCUT2D eigenvalue weighted by atomic mass is 16.4. The zero-order valence-electron chi connectivity index (χ0n) is 31.2. The SMILES string of the molecule is Cc1c(Nc2nccc3cc(CN4CCC(O)C4)cnc23)cccc1-c1cccc(-c2nc(C=O)c(/C(C#N)=C\N(C)CCN3CCC(C(=O)O)C3)o2)c1C. The van der Waals surface area contributed by atoms with E-state index in [0.29, 0.717) is 56.8 Å². The number of aliphatic hydroxyl groups is 1. The maximum atomic E-state index is 12.2. The van der Waals surface area contributed by atoms with Gasteiger partial charge < -0.3 is 29.7 Å². The molecule has 2 fully saturated rings. The zero-order valence-corrected chi connectivity index (χ0v) is 31.2. The van der Waals surface area contributed by atoms with Crippen LogP contribution in [-0.4, -0.2) is 105 Å². The number of carboxylic acid groups (broad SMARTS) is 1. The monoisotopic (exact) mass is 740 g/mol. The first-order valence-electron chi connectivity index (χ1n) is 18.5. The fourth-order valence-electron chi connectivity index (χ4n) is 7.53. The van der Waals surface area contributed by atoms with Crippen LogP contribution in [0.2, 0.25) is 0 Å². The van der Waals surface area contributed by atoms with E-state index in [2.05, 4.69) is 43.3 Å². The summed E-state index contributed by atoms with van der Waals surface area (Å²) in [5.41, 5.74) is 7.44. The third-order valence-electron chi connectivity index (χ3n) is 10.6. The summed E-state index contributed by atoms with van der Waals surface area (Å²) < 4.78 is 6.18. The number of aliphatic hydroxyl groups excluding tert-OH is 1. The number of carboxylic acids is 1. The Hall–Kier alpha value is -5.94. The molecule has 13 heteroatoms. The van der Waals surface area contributed by atoms with Crippen molar-refractivity contribution in [3.63, 3.8) is 0 Å². The number of anilines is 2. The van der Waals surface area contributed by atoms with Crippen LogP contribution in [-0.2, 0) is 11.3 Å². The first-order chi connectivity index (χ1) is 26.6. The second-order valence-electron chi connectivity index (χ2n) is 14.4. The molecule has 2 atom stereocenters. The standard InChI is InChI=1S/C42H44N8O5/c1-26-33(34-7-5-9-36(27(34)2)46-40-38-29(10-13-44-40)18-28(20-45-38)21-50-15-12-32(52)24-50)6-4-8-35(26)41-47-37(25-51)39(55-41)31(19-43)22-48(3)16-17-49-14-11-30(23-49)42(53)54/h4-10,13,18,20,22,25,30,32,52H,11-12,14-17,21,23-24H2,1-3H3,(H,44,46)(H,53,54)/b31-22-. The highest BCUT2D eigenvalue weighted by Gasteiger charge is 2.28. The Kier molecular flexibility index (Phi) is 11.0. The van der Waals surface area contributed by atoms with Crippen LogP contribution in [0.15, 0.2) is 71.5 Å². The van der Waals surface area contributed by atoms with Gasteiger partial charge in [0, 0.05) is 81.5 Å². The lowest BCUT2D eigenvalue weighted by atomic mass is 9.93. The van der Waals surface area contributed by atoms with E-state index in [-0.39, 0.29) is 34.9 Å². The number of nitrogens with zero attached hydrogens (tertiary/aromatic N) is 7. The summed E-state index contributed by atoms with van der Waals surface area (Å²) in [7, 11) is 1.82. The van der Waals surface area contributed by atoms with Crippen molar-refractivity contribution in [2.45, 2.75) is 39.3 Å². The minimum absolute atomic E-state index is 0.0328. The molecule has 5 heterocycles. The minimum atomic E-state index is -0.773. The summed E-state index contributed by atoms with van der Waals surface area (Å²) in [6.45, 7) is 8.73. The fraction of sp³-hybridized carbons (Fsp3) is 0.333. The van der Waals surface area contributed by atoms with Gasteiger partial charge in [0.1, 0.15) is 17.2 Å². The normalized spacial score (nSPS) is 17.8. The van der Waals surface area contributed by atoms with Crippen molar-refractivity contribution in [2.75, 3.05) is 51.6 Å². The van der Waals surface area contributed by atoms with E-state index < -0.39 is 5.97 Å². The summed E-state index contributed by atoms with van der Waals surface area (Å²) in [5.74, 6) is -0.154. The molecule has 7 rings (SSSR count). The smallest absolute Gasteiger partial charge is 0.307 e. The lowest BCUT2D eigenvalue weighted by Gasteiger charge is -2.20. The molecule has 13 nitrogen and oxygen atoms in total. The maximum absolute atomic E-state index is 12.2. The second-order valence-corrected chi connectivity index (χ2v) is 14.4. The highest BCUT2D eigenvalue weighted by molar-refractivity contribution is 5.91. The van der Waals surface area contributed by atoms with Crippen molar-refractivity contribution in [1.29, 1.82) is 5.26 Å². The van der Waals surface area contributed by atoms with Gasteiger partial charge in [-0.1, -0.05) is 24.3 Å². The Morgan fingerprint density at radius 3 is 2.55 bits per heavy atom. The number of pyridine rings is 2. The van der Waals surface area contributed by atoms with Crippen molar-refractivity contribution in [2.24, 2.45) is 5.92 Å². The summed E-state index contributed by atoms with van der Waals surface area (Å²) in [6.07, 6.45) is 7.03. The molecular formula is C42H44N8O5. The van der Waals surface area contributed by atoms with Gasteiger partial charge in [0.15, 0.2) is 23.6 Å². The van der Waals surface area contributed by atoms with Crippen LogP contribution in [0.1, 0.15) is 45.8 Å². The van der Waals surface area contributed by atoms with Gasteiger partial charge in [-0.05, 0) is 85.3 Å². The molecule has 0 bridgehead atoms. The van der Waals surface area contributed by atoms with E-state index in [4.69, 9.17) is 9.40 Å². The third kappa shape index (κ3) is 8.12. The van der Waals surface area contributed by atoms with Gasteiger partial charge in [0.05, 0.1) is 12.0 Å². The summed E-state index contributed by atoms with van der Waals surface area (Å²) >= 11 is 0. The number of likely N-dealkylation sites (N-methyl/N-ethyl adjacent to an activating group) is 1. The Labute approximate surface area is 319 Å². The number of rotatable bonds is 13. The number of aldehydes is 1. The predicted octanol–water partition coefficient (Wildman–Crippen LogP) is 5.89. The molecule has 2 aliphatic rings. The Bertz CT molecular complexity index is 2310. The number of nitriles is 1. The molecule has 0 spiro atoms. The number of β-amino-alcohol motifs (C(OH)–C–C–N with tert-alkyl or cyclic N) is 1. The molecule has 3 N–H and O–H groups in total. The largest absolute Gasteiger partial charge is 0.481 e. The van der Waals surface area contributed by atoms with Crippen LogP contribution >= 0.6 is 0 Å². The quantitative estimate of drug-likeness (QED) is 0.0964. The van der Waals surface area contributed by atoms with Crippen LogP contribution < -0.4 is 5.32 Å². The van der Waals surface area contributed by atoms with Crippen LogP contribution in [0.5, 0.6) is 0 Å². The van der Waals surface area contributed by atoms with Gasteiger partial charge in [-0.2, -0.15) is 5.26 Å². The molecule has 2 aliphatic heterocycles. The van der Waals surface area contributed by atoms with Crippen molar-refractivity contribution in [1.82, 2.24) is 29.7 Å². The molecule has 2 saturated heterocycles. The number of allylic oxidation sites excluding steroid dienone is 1. The second kappa shape index (κ2) is 16.2. The Morgan fingerprint density at radius 1 is 1.05 bits per heavy atom. The first kappa shape index (κ1) is 37.4. The number of carbonyl (C=O) groups is 2. The lowest BCUT2D eigenvalue weighted by molar-refractivity contribution is -0.141. The van der Waals surface area contributed by atoms with Crippen molar-refractivity contribution in [3.05, 3.63) is 95.3 Å². The molecule has 282 valence electrons. The average Bonchev–Trinajstić information content (AvgIpc) is 3.94. The predicted molar refractivity (Wildman–Crippen MR) is 209 cm³/mol. The number of fused-ring (bicyclic) bond motifs is 1. The number of hydrogen-bond donors (Lipinski definition) is 3. The number of benzene rings is 2. The van der Waals surface area contributed by atoms with Gasteiger partial charge in [0.2, 0.25) is 5.89 Å². The lowest BCUT2D eigenvalue weighted by Crippen LogP contribution is -2.30. The van der Waals surface area contributed by atoms with Gasteiger partial charge in [-0.15, -0.1) is 0 Å². The molecular weight excluding hydrogens is 697 g/mol. The highest BCUT2D eigenvalue weighted by Crippen LogP contribution is 2.37. The Morgan fingerprint density at radius 2 is 1.82 bits per heavy atom. The topological polar surface area (TPSA) is 172 Å². The number of aromatic nitrogens is 3. The number of aliphatic carboxylic acids is 1. The molecule has 0 radical (unpaired) electrons. The molecule has 2 unspecified atom stereocenters. The van der Waals surface area contributed by atoms with Crippen LogP contribution in [0.25, 0.3) is 39.1 Å². The van der Waals surface area contributed by atoms with E-state index in [0.717, 1.165) is 63.9 Å². The van der Waals surface area contributed by atoms with Crippen molar-refractivity contribution < 1.29 is 24.2 Å². The molecule has 2 aromatic carbocycles.